The van der Waals surface area contributed by atoms with Gasteiger partial charge in [0.15, 0.2) is 0 Å². The maximum atomic E-state index is 12.1. The normalized spacial score (nSPS) is 14.7. The van der Waals surface area contributed by atoms with Crippen molar-refractivity contribution in [2.75, 3.05) is 5.32 Å². The SMILES string of the molecule is O=C(NC1CCCC1)c1cnc(Nc2ccc(Cl)c(Cl)c2)nc1. The van der Waals surface area contributed by atoms with Crippen molar-refractivity contribution in [1.29, 1.82) is 0 Å². The van der Waals surface area contributed by atoms with E-state index in [0.717, 1.165) is 18.5 Å². The minimum absolute atomic E-state index is 0.127. The van der Waals surface area contributed by atoms with Crippen LogP contribution >= 0.6 is 23.2 Å². The lowest BCUT2D eigenvalue weighted by Crippen LogP contribution is -2.32. The Morgan fingerprint density at radius 1 is 1.09 bits per heavy atom. The van der Waals surface area contributed by atoms with Crippen molar-refractivity contribution in [3.8, 4) is 0 Å². The predicted molar refractivity (Wildman–Crippen MR) is 91.5 cm³/mol. The Hall–Kier alpha value is -1.85. The number of benzene rings is 1. The summed E-state index contributed by atoms with van der Waals surface area (Å²) in [5.41, 5.74) is 1.18. The van der Waals surface area contributed by atoms with Gasteiger partial charge in [0.25, 0.3) is 5.91 Å². The first-order valence-corrected chi connectivity index (χ1v) is 8.22. The molecule has 120 valence electrons. The number of carbonyl (C=O) groups is 1. The second-order valence-electron chi connectivity index (χ2n) is 5.50. The van der Waals surface area contributed by atoms with Crippen molar-refractivity contribution in [1.82, 2.24) is 15.3 Å². The molecule has 1 aromatic carbocycles. The van der Waals surface area contributed by atoms with E-state index in [-0.39, 0.29) is 11.9 Å². The van der Waals surface area contributed by atoms with Crippen molar-refractivity contribution >= 4 is 40.7 Å². The fourth-order valence-corrected chi connectivity index (χ4v) is 2.85. The Morgan fingerprint density at radius 3 is 2.43 bits per heavy atom. The molecule has 2 N–H and O–H groups in total. The molecule has 0 spiro atoms. The van der Waals surface area contributed by atoms with Crippen LogP contribution in [-0.4, -0.2) is 21.9 Å². The van der Waals surface area contributed by atoms with Crippen LogP contribution in [0, 0.1) is 0 Å². The highest BCUT2D eigenvalue weighted by atomic mass is 35.5. The van der Waals surface area contributed by atoms with E-state index in [2.05, 4.69) is 20.6 Å². The highest BCUT2D eigenvalue weighted by molar-refractivity contribution is 6.42. The van der Waals surface area contributed by atoms with Gasteiger partial charge in [-0.1, -0.05) is 36.0 Å². The average Bonchev–Trinajstić information content (AvgIpc) is 3.04. The van der Waals surface area contributed by atoms with Gasteiger partial charge in [0.1, 0.15) is 0 Å². The molecule has 0 saturated heterocycles. The molecular formula is C16H16Cl2N4O. The topological polar surface area (TPSA) is 66.9 Å². The Balaban J connectivity index is 1.64. The van der Waals surface area contributed by atoms with E-state index in [0.29, 0.717) is 21.6 Å². The molecule has 1 aliphatic carbocycles. The zero-order valence-electron chi connectivity index (χ0n) is 12.4. The first kappa shape index (κ1) is 16.0. The molecule has 5 nitrogen and oxygen atoms in total. The van der Waals surface area contributed by atoms with Gasteiger partial charge in [0.05, 0.1) is 15.6 Å². The second-order valence-corrected chi connectivity index (χ2v) is 6.32. The van der Waals surface area contributed by atoms with Crippen molar-refractivity contribution in [3.63, 3.8) is 0 Å². The molecule has 1 fully saturated rings. The molecule has 1 saturated carbocycles. The molecule has 2 aromatic rings. The molecule has 1 aliphatic rings. The number of amides is 1. The summed E-state index contributed by atoms with van der Waals surface area (Å²) in [5.74, 6) is 0.263. The standard InChI is InChI=1S/C16H16Cl2N4O/c17-13-6-5-12(7-14(13)18)22-16-19-8-10(9-20-16)15(23)21-11-3-1-2-4-11/h5-9,11H,1-4H2,(H,21,23)(H,19,20,22). The Labute approximate surface area is 144 Å². The van der Waals surface area contributed by atoms with E-state index in [1.807, 2.05) is 0 Å². The number of anilines is 2. The first-order chi connectivity index (χ1) is 11.1. The lowest BCUT2D eigenvalue weighted by molar-refractivity contribution is 0.0937. The van der Waals surface area contributed by atoms with Crippen LogP contribution in [0.1, 0.15) is 36.0 Å². The molecule has 0 aliphatic heterocycles. The Kier molecular flexibility index (Phi) is 4.98. The first-order valence-electron chi connectivity index (χ1n) is 7.47. The summed E-state index contributed by atoms with van der Waals surface area (Å²) in [6.07, 6.45) is 7.46. The number of nitrogens with one attached hydrogen (secondary N) is 2. The fraction of sp³-hybridized carbons (Fsp3) is 0.312. The lowest BCUT2D eigenvalue weighted by Gasteiger charge is -2.11. The van der Waals surface area contributed by atoms with Gasteiger partial charge in [-0.25, -0.2) is 9.97 Å². The molecule has 7 heteroatoms. The van der Waals surface area contributed by atoms with Crippen LogP contribution in [0.3, 0.4) is 0 Å². The van der Waals surface area contributed by atoms with E-state index >= 15 is 0 Å². The fourth-order valence-electron chi connectivity index (χ4n) is 2.55. The third kappa shape index (κ3) is 4.12. The molecule has 0 atom stereocenters. The summed E-state index contributed by atoms with van der Waals surface area (Å²) in [5, 5.41) is 6.95. The molecule has 23 heavy (non-hydrogen) atoms. The van der Waals surface area contributed by atoms with Gasteiger partial charge in [0, 0.05) is 24.1 Å². The van der Waals surface area contributed by atoms with Crippen LogP contribution in [0.25, 0.3) is 0 Å². The number of halogens is 2. The van der Waals surface area contributed by atoms with Crippen LogP contribution in [0.2, 0.25) is 10.0 Å². The minimum Gasteiger partial charge on any atom is -0.349 e. The number of aromatic nitrogens is 2. The Bertz CT molecular complexity index is 700. The highest BCUT2D eigenvalue weighted by Gasteiger charge is 2.18. The summed E-state index contributed by atoms with van der Waals surface area (Å²) in [7, 11) is 0. The van der Waals surface area contributed by atoms with Gasteiger partial charge in [0.2, 0.25) is 5.95 Å². The largest absolute Gasteiger partial charge is 0.349 e. The molecule has 3 rings (SSSR count). The van der Waals surface area contributed by atoms with E-state index in [1.165, 1.54) is 25.2 Å². The van der Waals surface area contributed by atoms with Gasteiger partial charge in [-0.2, -0.15) is 0 Å². The predicted octanol–water partition coefficient (Wildman–Crippen LogP) is 4.20. The molecule has 0 bridgehead atoms. The van der Waals surface area contributed by atoms with E-state index in [1.54, 1.807) is 18.2 Å². The molecule has 0 radical (unpaired) electrons. The van der Waals surface area contributed by atoms with Crippen molar-refractivity contribution in [3.05, 3.63) is 46.2 Å². The summed E-state index contributed by atoms with van der Waals surface area (Å²) >= 11 is 11.8. The van der Waals surface area contributed by atoms with Gasteiger partial charge >= 0.3 is 0 Å². The average molecular weight is 351 g/mol. The van der Waals surface area contributed by atoms with E-state index in [4.69, 9.17) is 23.2 Å². The second kappa shape index (κ2) is 7.15. The molecule has 1 aromatic heterocycles. The van der Waals surface area contributed by atoms with Crippen molar-refractivity contribution in [2.45, 2.75) is 31.7 Å². The molecule has 1 heterocycles. The maximum Gasteiger partial charge on any atom is 0.254 e. The van der Waals surface area contributed by atoms with Crippen molar-refractivity contribution in [2.24, 2.45) is 0 Å². The summed E-state index contributed by atoms with van der Waals surface area (Å²) < 4.78 is 0. The van der Waals surface area contributed by atoms with Crippen LogP contribution in [-0.2, 0) is 0 Å². The smallest absolute Gasteiger partial charge is 0.254 e. The number of hydrogen-bond donors (Lipinski definition) is 2. The molecule has 0 unspecified atom stereocenters. The summed E-state index contributed by atoms with van der Waals surface area (Å²) in [4.78, 5) is 20.4. The minimum atomic E-state index is -0.127. The number of rotatable bonds is 4. The Morgan fingerprint density at radius 2 is 1.78 bits per heavy atom. The summed E-state index contributed by atoms with van der Waals surface area (Å²) in [6, 6.07) is 5.43. The number of nitrogens with zero attached hydrogens (tertiary/aromatic N) is 2. The van der Waals surface area contributed by atoms with Crippen LogP contribution in [0.15, 0.2) is 30.6 Å². The lowest BCUT2D eigenvalue weighted by atomic mass is 10.2. The monoisotopic (exact) mass is 350 g/mol. The zero-order chi connectivity index (χ0) is 16.2. The molecular weight excluding hydrogens is 335 g/mol. The quantitative estimate of drug-likeness (QED) is 0.866. The van der Waals surface area contributed by atoms with Gasteiger partial charge in [-0.15, -0.1) is 0 Å². The third-order valence-corrected chi connectivity index (χ3v) is 4.52. The number of hydrogen-bond acceptors (Lipinski definition) is 4. The third-order valence-electron chi connectivity index (χ3n) is 3.78. The van der Waals surface area contributed by atoms with Crippen molar-refractivity contribution < 1.29 is 4.79 Å². The zero-order valence-corrected chi connectivity index (χ0v) is 13.9. The van der Waals surface area contributed by atoms with Crippen LogP contribution < -0.4 is 10.6 Å². The molecule has 1 amide bonds. The van der Waals surface area contributed by atoms with E-state index < -0.39 is 0 Å². The van der Waals surface area contributed by atoms with Gasteiger partial charge in [-0.3, -0.25) is 4.79 Å². The summed E-state index contributed by atoms with van der Waals surface area (Å²) in [6.45, 7) is 0. The number of carbonyl (C=O) groups excluding carboxylic acids is 1. The van der Waals surface area contributed by atoms with E-state index in [9.17, 15) is 4.79 Å². The van der Waals surface area contributed by atoms with Crippen LogP contribution in [0.4, 0.5) is 11.6 Å². The highest BCUT2D eigenvalue weighted by Crippen LogP contribution is 2.26. The van der Waals surface area contributed by atoms with Crippen LogP contribution in [0.5, 0.6) is 0 Å². The maximum absolute atomic E-state index is 12.1. The van der Waals surface area contributed by atoms with Gasteiger partial charge < -0.3 is 10.6 Å². The van der Waals surface area contributed by atoms with Gasteiger partial charge in [-0.05, 0) is 31.0 Å².